The summed E-state index contributed by atoms with van der Waals surface area (Å²) in [7, 11) is 0. The zero-order valence-corrected chi connectivity index (χ0v) is 20.5. The lowest BCUT2D eigenvalue weighted by atomic mass is 9.94. The smallest absolute Gasteiger partial charge is 0.294 e. The molecule has 2 saturated heterocycles. The lowest BCUT2D eigenvalue weighted by molar-refractivity contribution is -0.931. The zero-order valence-electron chi connectivity index (χ0n) is 19.8. The fourth-order valence-corrected chi connectivity index (χ4v) is 4.90. The van der Waals surface area contributed by atoms with Gasteiger partial charge in [0, 0.05) is 10.6 Å². The van der Waals surface area contributed by atoms with Crippen LogP contribution in [0.25, 0.3) is 11.4 Å². The van der Waals surface area contributed by atoms with Gasteiger partial charge in [0.25, 0.3) is 5.56 Å². The summed E-state index contributed by atoms with van der Waals surface area (Å²) in [6.07, 6.45) is 0. The van der Waals surface area contributed by atoms with Crippen LogP contribution >= 0.6 is 11.6 Å². The van der Waals surface area contributed by atoms with E-state index in [2.05, 4.69) is 0 Å². The minimum absolute atomic E-state index is 0.128. The van der Waals surface area contributed by atoms with E-state index in [-0.39, 0.29) is 11.5 Å². The van der Waals surface area contributed by atoms with Gasteiger partial charge in [0.1, 0.15) is 31.9 Å². The van der Waals surface area contributed by atoms with Crippen molar-refractivity contribution < 1.29 is 19.3 Å². The quantitative estimate of drug-likeness (QED) is 0.476. The Bertz CT molecular complexity index is 1160. The van der Waals surface area contributed by atoms with Crippen molar-refractivity contribution in [3.8, 4) is 11.4 Å². The van der Waals surface area contributed by atoms with Gasteiger partial charge in [-0.3, -0.25) is 4.79 Å². The van der Waals surface area contributed by atoms with Crippen molar-refractivity contribution in [3.63, 3.8) is 0 Å². The van der Waals surface area contributed by atoms with Crippen molar-refractivity contribution in [1.29, 1.82) is 0 Å². The molecule has 9 heteroatoms. The van der Waals surface area contributed by atoms with Crippen molar-refractivity contribution in [2.75, 3.05) is 59.2 Å². The van der Waals surface area contributed by atoms with Crippen LogP contribution < -0.4 is 15.4 Å². The molecule has 8 nitrogen and oxygen atoms in total. The minimum atomic E-state index is -0.177. The molecule has 0 bridgehead atoms. The molecule has 1 aromatic heterocycles. The molecular weight excluding hydrogens is 466 g/mol. The van der Waals surface area contributed by atoms with Crippen LogP contribution in [0.3, 0.4) is 0 Å². The summed E-state index contributed by atoms with van der Waals surface area (Å²) in [4.78, 5) is 21.5. The predicted molar refractivity (Wildman–Crippen MR) is 133 cm³/mol. The van der Waals surface area contributed by atoms with Gasteiger partial charge in [-0.2, -0.15) is 4.68 Å². The maximum Gasteiger partial charge on any atom is 0.294 e. The molecule has 0 saturated carbocycles. The van der Waals surface area contributed by atoms with Gasteiger partial charge in [0.15, 0.2) is 12.5 Å². The zero-order chi connectivity index (χ0) is 24.0. The molecule has 5 rings (SSSR count). The average Bonchev–Trinajstić information content (AvgIpc) is 2.91. The second-order valence-corrected chi connectivity index (χ2v) is 9.62. The molecule has 0 unspecified atom stereocenters. The highest BCUT2D eigenvalue weighted by Crippen LogP contribution is 2.23. The highest BCUT2D eigenvalue weighted by Gasteiger charge is 2.29. The Balaban J connectivity index is 1.59. The van der Waals surface area contributed by atoms with E-state index in [9.17, 15) is 4.79 Å². The van der Waals surface area contributed by atoms with Gasteiger partial charge >= 0.3 is 0 Å². The molecule has 2 N–H and O–H groups in total. The number of hydrogen-bond donors (Lipinski definition) is 2. The van der Waals surface area contributed by atoms with Crippen molar-refractivity contribution >= 4 is 11.6 Å². The van der Waals surface area contributed by atoms with Gasteiger partial charge in [-0.25, -0.2) is 4.98 Å². The molecule has 2 aliphatic heterocycles. The number of nitrogens with zero attached hydrogens (tertiary/aromatic N) is 3. The van der Waals surface area contributed by atoms with E-state index in [1.165, 1.54) is 9.80 Å². The monoisotopic (exact) mass is 497 g/mol. The van der Waals surface area contributed by atoms with Crippen LogP contribution in [-0.4, -0.2) is 73.9 Å². The first kappa shape index (κ1) is 24.1. The second kappa shape index (κ2) is 11.4. The Morgan fingerprint density at radius 2 is 1.51 bits per heavy atom. The van der Waals surface area contributed by atoms with E-state index in [1.807, 2.05) is 54.6 Å². The molecule has 2 fully saturated rings. The Morgan fingerprint density at radius 3 is 2.17 bits per heavy atom. The lowest BCUT2D eigenvalue weighted by Gasteiger charge is -2.28. The standard InChI is InChI=1S/C26H30ClN5O3/c27-22-8-6-20(7-9-22)23(18-30-10-14-34-15-11-30)24-26(33)32(19-31-12-16-35-17-13-31)29-25(28-24)21-4-2-1-3-5-21/h1-9,23H,10-19H2/p+2/t23-/m1/s1. The summed E-state index contributed by atoms with van der Waals surface area (Å²) in [6.45, 7) is 7.63. The maximum absolute atomic E-state index is 13.9. The van der Waals surface area contributed by atoms with Crippen molar-refractivity contribution in [2.45, 2.75) is 12.6 Å². The summed E-state index contributed by atoms with van der Waals surface area (Å²) in [5, 5.41) is 5.39. The molecular formula is C26H32ClN5O3+2. The summed E-state index contributed by atoms with van der Waals surface area (Å²) >= 11 is 6.20. The molecule has 0 amide bonds. The molecule has 184 valence electrons. The Morgan fingerprint density at radius 1 is 0.886 bits per heavy atom. The van der Waals surface area contributed by atoms with Crippen LogP contribution in [0.4, 0.5) is 0 Å². The number of rotatable bonds is 7. The van der Waals surface area contributed by atoms with Gasteiger partial charge in [0.05, 0.1) is 38.9 Å². The Hall–Kier alpha value is -2.62. The third kappa shape index (κ3) is 5.97. The second-order valence-electron chi connectivity index (χ2n) is 9.18. The summed E-state index contributed by atoms with van der Waals surface area (Å²) in [5.41, 5.74) is 2.34. The number of halogens is 1. The Labute approximate surface area is 210 Å². The summed E-state index contributed by atoms with van der Waals surface area (Å²) in [5.74, 6) is 0.396. The first-order valence-corrected chi connectivity index (χ1v) is 12.7. The van der Waals surface area contributed by atoms with Gasteiger partial charge in [0.2, 0.25) is 0 Å². The number of quaternary nitrogens is 2. The predicted octanol–water partition coefficient (Wildman–Crippen LogP) is -0.122. The third-order valence-corrected chi connectivity index (χ3v) is 7.05. The number of nitrogens with one attached hydrogen (secondary N) is 2. The topological polar surface area (TPSA) is 75.1 Å². The fraction of sp³-hybridized carbons (Fsp3) is 0.423. The first-order valence-electron chi connectivity index (χ1n) is 12.3. The SMILES string of the molecule is O=c1c([C@H](C[NH+]2CCOCC2)c2ccc(Cl)cc2)nc(-c2ccccc2)nn1C[NH+]1CCOCC1. The van der Waals surface area contributed by atoms with Gasteiger partial charge in [-0.15, -0.1) is 5.10 Å². The lowest BCUT2D eigenvalue weighted by Crippen LogP contribution is -3.14. The van der Waals surface area contributed by atoms with Gasteiger partial charge in [-0.1, -0.05) is 54.1 Å². The van der Waals surface area contributed by atoms with E-state index >= 15 is 0 Å². The van der Waals surface area contributed by atoms with Gasteiger partial charge < -0.3 is 19.3 Å². The van der Waals surface area contributed by atoms with E-state index < -0.39 is 0 Å². The average molecular weight is 498 g/mol. The normalized spacial score (nSPS) is 18.4. The van der Waals surface area contributed by atoms with Gasteiger partial charge in [-0.05, 0) is 17.7 Å². The van der Waals surface area contributed by atoms with E-state index in [1.54, 1.807) is 4.68 Å². The highest BCUT2D eigenvalue weighted by molar-refractivity contribution is 6.30. The molecule has 0 aliphatic carbocycles. The molecule has 0 spiro atoms. The van der Waals surface area contributed by atoms with Crippen molar-refractivity contribution in [1.82, 2.24) is 14.8 Å². The Kier molecular flexibility index (Phi) is 7.85. The van der Waals surface area contributed by atoms with Crippen LogP contribution in [0.15, 0.2) is 59.4 Å². The third-order valence-electron chi connectivity index (χ3n) is 6.80. The van der Waals surface area contributed by atoms with Crippen molar-refractivity contribution in [2.24, 2.45) is 0 Å². The first-order chi connectivity index (χ1) is 17.2. The number of hydrogen-bond acceptors (Lipinski definition) is 5. The van der Waals surface area contributed by atoms with Crippen LogP contribution in [0.2, 0.25) is 5.02 Å². The van der Waals surface area contributed by atoms with E-state index in [4.69, 9.17) is 31.2 Å². The largest absolute Gasteiger partial charge is 0.370 e. The fourth-order valence-electron chi connectivity index (χ4n) is 4.77. The van der Waals surface area contributed by atoms with Crippen LogP contribution in [-0.2, 0) is 16.1 Å². The highest BCUT2D eigenvalue weighted by atomic mass is 35.5. The number of benzene rings is 2. The molecule has 2 aromatic carbocycles. The summed E-state index contributed by atoms with van der Waals surface area (Å²) in [6, 6.07) is 17.7. The molecule has 3 aromatic rings. The molecule has 2 aliphatic rings. The van der Waals surface area contributed by atoms with Crippen LogP contribution in [0.1, 0.15) is 17.2 Å². The molecule has 1 atom stereocenters. The summed E-state index contributed by atoms with van der Waals surface area (Å²) < 4.78 is 12.7. The van der Waals surface area contributed by atoms with Crippen LogP contribution in [0, 0.1) is 0 Å². The number of ether oxygens (including phenoxy) is 2. The van der Waals surface area contributed by atoms with E-state index in [0.29, 0.717) is 36.4 Å². The van der Waals surface area contributed by atoms with E-state index in [0.717, 1.165) is 57.1 Å². The minimum Gasteiger partial charge on any atom is -0.370 e. The maximum atomic E-state index is 13.9. The van der Waals surface area contributed by atoms with Crippen LogP contribution in [0.5, 0.6) is 0 Å². The molecule has 3 heterocycles. The molecule has 35 heavy (non-hydrogen) atoms. The van der Waals surface area contributed by atoms with Crippen molar-refractivity contribution in [3.05, 3.63) is 81.2 Å². The molecule has 0 radical (unpaired) electrons. The number of aromatic nitrogens is 3. The number of morpholine rings is 2.